The average molecular weight is 416 g/mol. The Morgan fingerprint density at radius 3 is 2.85 bits per heavy atom. The highest BCUT2D eigenvalue weighted by atomic mass is 79.9. The van der Waals surface area contributed by atoms with Gasteiger partial charge in [0.2, 0.25) is 0 Å². The minimum absolute atomic E-state index is 0.0619. The van der Waals surface area contributed by atoms with E-state index >= 15 is 0 Å². The van der Waals surface area contributed by atoms with Crippen molar-refractivity contribution < 1.29 is 4.79 Å². The Bertz CT molecular complexity index is 684. The highest BCUT2D eigenvalue weighted by Gasteiger charge is 2.25. The summed E-state index contributed by atoms with van der Waals surface area (Å²) in [5, 5.41) is 0. The molecule has 0 spiro atoms. The van der Waals surface area contributed by atoms with Crippen LogP contribution in [0.5, 0.6) is 0 Å². The van der Waals surface area contributed by atoms with Gasteiger partial charge in [-0.1, -0.05) is 12.1 Å². The molecule has 0 saturated heterocycles. The second-order valence-corrected chi connectivity index (χ2v) is 8.45. The number of nitrogen functional groups attached to an aromatic ring is 1. The summed E-state index contributed by atoms with van der Waals surface area (Å²) < 4.78 is 1.82. The van der Waals surface area contributed by atoms with Gasteiger partial charge in [-0.2, -0.15) is 0 Å². The van der Waals surface area contributed by atoms with Crippen LogP contribution in [0.3, 0.4) is 0 Å². The van der Waals surface area contributed by atoms with Crippen LogP contribution in [-0.2, 0) is 13.0 Å². The third-order valence-electron chi connectivity index (χ3n) is 3.48. The Labute approximate surface area is 138 Å². The Balaban J connectivity index is 1.87. The fourth-order valence-electron chi connectivity index (χ4n) is 2.47. The Kier molecular flexibility index (Phi) is 3.88. The van der Waals surface area contributed by atoms with Crippen molar-refractivity contribution in [1.82, 2.24) is 4.90 Å². The minimum Gasteiger partial charge on any atom is -0.398 e. The van der Waals surface area contributed by atoms with Gasteiger partial charge in [0.15, 0.2) is 0 Å². The molecule has 20 heavy (non-hydrogen) atoms. The molecule has 6 heteroatoms. The molecule has 1 aliphatic rings. The van der Waals surface area contributed by atoms with Crippen molar-refractivity contribution in [3.63, 3.8) is 0 Å². The number of rotatable bonds is 1. The molecule has 0 aliphatic carbocycles. The van der Waals surface area contributed by atoms with Gasteiger partial charge in [0, 0.05) is 18.8 Å². The molecule has 0 radical (unpaired) electrons. The van der Waals surface area contributed by atoms with Crippen LogP contribution in [0.15, 0.2) is 31.8 Å². The quantitative estimate of drug-likeness (QED) is 0.714. The molecule has 1 aliphatic heterocycles. The van der Waals surface area contributed by atoms with Gasteiger partial charge in [0.25, 0.3) is 5.91 Å². The number of benzene rings is 1. The number of hydrogen-bond donors (Lipinski definition) is 1. The molecular formula is C14H12Br2N2OS. The number of halogens is 2. The van der Waals surface area contributed by atoms with Crippen molar-refractivity contribution in [3.05, 3.63) is 48.5 Å². The SMILES string of the molecule is Nc1cccc2c1CCN(C(=O)c1cc(Br)sc1Br)C2. The van der Waals surface area contributed by atoms with Crippen LogP contribution in [0.25, 0.3) is 0 Å². The number of anilines is 1. The van der Waals surface area contributed by atoms with Gasteiger partial charge in [0.1, 0.15) is 0 Å². The van der Waals surface area contributed by atoms with Crippen LogP contribution in [-0.4, -0.2) is 17.4 Å². The first kappa shape index (κ1) is 14.1. The largest absolute Gasteiger partial charge is 0.398 e. The fraction of sp³-hybridized carbons (Fsp3) is 0.214. The lowest BCUT2D eigenvalue weighted by atomic mass is 9.97. The van der Waals surface area contributed by atoms with Crippen molar-refractivity contribution in [2.24, 2.45) is 0 Å². The maximum absolute atomic E-state index is 12.6. The first-order chi connectivity index (χ1) is 9.56. The summed E-state index contributed by atoms with van der Waals surface area (Å²) >= 11 is 8.38. The zero-order valence-electron chi connectivity index (χ0n) is 10.5. The first-order valence-corrected chi connectivity index (χ1v) is 8.57. The first-order valence-electron chi connectivity index (χ1n) is 6.16. The molecule has 2 aromatic rings. The van der Waals surface area contributed by atoms with E-state index in [1.807, 2.05) is 29.2 Å². The highest BCUT2D eigenvalue weighted by Crippen LogP contribution is 2.33. The number of nitrogens with zero attached hydrogens (tertiary/aromatic N) is 1. The monoisotopic (exact) mass is 414 g/mol. The molecule has 0 unspecified atom stereocenters. The van der Waals surface area contributed by atoms with E-state index in [-0.39, 0.29) is 5.91 Å². The van der Waals surface area contributed by atoms with E-state index in [1.165, 1.54) is 16.9 Å². The van der Waals surface area contributed by atoms with Gasteiger partial charge in [-0.3, -0.25) is 4.79 Å². The van der Waals surface area contributed by atoms with Gasteiger partial charge in [-0.25, -0.2) is 0 Å². The van der Waals surface area contributed by atoms with E-state index in [0.717, 1.165) is 25.2 Å². The number of amides is 1. The number of thiophene rings is 1. The number of hydrogen-bond acceptors (Lipinski definition) is 3. The smallest absolute Gasteiger partial charge is 0.256 e. The van der Waals surface area contributed by atoms with Gasteiger partial charge >= 0.3 is 0 Å². The molecule has 1 aromatic carbocycles. The molecule has 2 N–H and O–H groups in total. The molecule has 1 aromatic heterocycles. The lowest BCUT2D eigenvalue weighted by Crippen LogP contribution is -2.36. The fourth-order valence-corrected chi connectivity index (χ4v) is 5.25. The molecule has 1 amide bonds. The van der Waals surface area contributed by atoms with Crippen molar-refractivity contribution >= 4 is 54.8 Å². The van der Waals surface area contributed by atoms with E-state index in [0.29, 0.717) is 18.7 Å². The Hall–Kier alpha value is -0.850. The number of carbonyl (C=O) groups is 1. The lowest BCUT2D eigenvalue weighted by Gasteiger charge is -2.29. The van der Waals surface area contributed by atoms with E-state index in [9.17, 15) is 4.79 Å². The predicted molar refractivity (Wildman–Crippen MR) is 89.0 cm³/mol. The summed E-state index contributed by atoms with van der Waals surface area (Å²) in [7, 11) is 0. The van der Waals surface area contributed by atoms with Crippen LogP contribution in [0.1, 0.15) is 21.5 Å². The standard InChI is InChI=1S/C14H12Br2N2OS/c15-12-6-10(13(16)20-12)14(19)18-5-4-9-8(7-18)2-1-3-11(9)17/h1-3,6H,4-5,7,17H2. The van der Waals surface area contributed by atoms with E-state index < -0.39 is 0 Å². The third kappa shape index (κ3) is 2.52. The second-order valence-electron chi connectivity index (χ2n) is 4.70. The summed E-state index contributed by atoms with van der Waals surface area (Å²) in [6, 6.07) is 7.78. The Morgan fingerprint density at radius 2 is 2.15 bits per heavy atom. The molecule has 3 nitrogen and oxygen atoms in total. The molecule has 104 valence electrons. The van der Waals surface area contributed by atoms with E-state index in [1.54, 1.807) is 0 Å². The van der Waals surface area contributed by atoms with Crippen molar-refractivity contribution in [2.45, 2.75) is 13.0 Å². The summed E-state index contributed by atoms with van der Waals surface area (Å²) in [5.41, 5.74) is 9.86. The van der Waals surface area contributed by atoms with Crippen LogP contribution in [0.2, 0.25) is 0 Å². The molecule has 0 bridgehead atoms. The summed E-state index contributed by atoms with van der Waals surface area (Å²) in [6.07, 6.45) is 0.816. The summed E-state index contributed by atoms with van der Waals surface area (Å²) in [4.78, 5) is 14.5. The summed E-state index contributed by atoms with van der Waals surface area (Å²) in [6.45, 7) is 1.33. The zero-order valence-corrected chi connectivity index (χ0v) is 14.5. The van der Waals surface area contributed by atoms with Gasteiger partial charge < -0.3 is 10.6 Å². The minimum atomic E-state index is 0.0619. The predicted octanol–water partition coefficient (Wildman–Crippen LogP) is 4.05. The lowest BCUT2D eigenvalue weighted by molar-refractivity contribution is 0.0734. The molecule has 3 rings (SSSR count). The molecule has 2 heterocycles. The van der Waals surface area contributed by atoms with Crippen molar-refractivity contribution in [1.29, 1.82) is 0 Å². The van der Waals surface area contributed by atoms with Crippen LogP contribution in [0, 0.1) is 0 Å². The number of carbonyl (C=O) groups excluding carboxylic acids is 1. The van der Waals surface area contributed by atoms with Crippen LogP contribution < -0.4 is 5.73 Å². The van der Waals surface area contributed by atoms with Crippen LogP contribution in [0.4, 0.5) is 5.69 Å². The van der Waals surface area contributed by atoms with Gasteiger partial charge in [0.05, 0.1) is 13.1 Å². The molecule has 0 saturated carbocycles. The maximum atomic E-state index is 12.6. The topological polar surface area (TPSA) is 46.3 Å². The van der Waals surface area contributed by atoms with Crippen LogP contribution >= 0.6 is 43.2 Å². The zero-order chi connectivity index (χ0) is 14.3. The van der Waals surface area contributed by atoms with Gasteiger partial charge in [-0.05, 0) is 61.5 Å². The van der Waals surface area contributed by atoms with Crippen molar-refractivity contribution in [2.75, 3.05) is 12.3 Å². The highest BCUT2D eigenvalue weighted by molar-refractivity contribution is 9.12. The van der Waals surface area contributed by atoms with Crippen molar-refractivity contribution in [3.8, 4) is 0 Å². The Morgan fingerprint density at radius 1 is 1.35 bits per heavy atom. The second kappa shape index (κ2) is 5.50. The average Bonchev–Trinajstić information content (AvgIpc) is 2.77. The third-order valence-corrected chi connectivity index (χ3v) is 5.82. The van der Waals surface area contributed by atoms with Gasteiger partial charge in [-0.15, -0.1) is 11.3 Å². The maximum Gasteiger partial charge on any atom is 0.256 e. The molecular weight excluding hydrogens is 404 g/mol. The number of fused-ring (bicyclic) bond motifs is 1. The molecule has 0 fully saturated rings. The van der Waals surface area contributed by atoms with E-state index in [4.69, 9.17) is 5.73 Å². The number of nitrogens with two attached hydrogens (primary N) is 1. The summed E-state index contributed by atoms with van der Waals surface area (Å²) in [5.74, 6) is 0.0619. The normalized spacial score (nSPS) is 14.2. The van der Waals surface area contributed by atoms with E-state index in [2.05, 4.69) is 31.9 Å². The molecule has 0 atom stereocenters.